The molecule has 2 N–H and O–H groups in total. The molecule has 6 heteroatoms. The normalized spacial score (nSPS) is 15.8. The van der Waals surface area contributed by atoms with Gasteiger partial charge in [0.25, 0.3) is 0 Å². The molecule has 1 aromatic rings. The van der Waals surface area contributed by atoms with E-state index in [9.17, 15) is 0 Å². The molecule has 6 nitrogen and oxygen atoms in total. The quantitative estimate of drug-likeness (QED) is 0.423. The van der Waals surface area contributed by atoms with Crippen LogP contribution in [0.15, 0.2) is 34.8 Å². The van der Waals surface area contributed by atoms with Gasteiger partial charge in [0, 0.05) is 18.7 Å². The van der Waals surface area contributed by atoms with Crippen LogP contribution in [0.5, 0.6) is 11.5 Å². The van der Waals surface area contributed by atoms with Crippen LogP contribution in [0.25, 0.3) is 0 Å². The Morgan fingerprint density at radius 2 is 2.15 bits per heavy atom. The molecule has 1 heterocycles. The highest BCUT2D eigenvalue weighted by molar-refractivity contribution is 5.80. The Labute approximate surface area is 156 Å². The molecule has 1 unspecified atom stereocenters. The molecular weight excluding hydrogens is 330 g/mol. The smallest absolute Gasteiger partial charge is 0.191 e. The van der Waals surface area contributed by atoms with Gasteiger partial charge in [0.1, 0.15) is 11.5 Å². The summed E-state index contributed by atoms with van der Waals surface area (Å²) in [5.74, 6) is 2.44. The van der Waals surface area contributed by atoms with Gasteiger partial charge in [-0.1, -0.05) is 11.6 Å². The van der Waals surface area contributed by atoms with Gasteiger partial charge in [0.2, 0.25) is 0 Å². The highest BCUT2D eigenvalue weighted by atomic mass is 16.5. The summed E-state index contributed by atoms with van der Waals surface area (Å²) >= 11 is 0. The van der Waals surface area contributed by atoms with Crippen molar-refractivity contribution in [3.8, 4) is 11.5 Å². The Morgan fingerprint density at radius 3 is 2.81 bits per heavy atom. The van der Waals surface area contributed by atoms with Crippen molar-refractivity contribution in [1.29, 1.82) is 0 Å². The van der Waals surface area contributed by atoms with E-state index in [1.54, 1.807) is 14.2 Å². The summed E-state index contributed by atoms with van der Waals surface area (Å²) in [4.78, 5) is 4.71. The molecule has 1 aliphatic heterocycles. The standard InChI is InChI=1S/C20H31N3O3/c1-5-21-20(22-11-8-16-9-12-26-13-10-16)23-15(2)18-14-17(24-3)6-7-19(18)25-4/h6-7,9,14-15H,5,8,10-13H2,1-4H3,(H2,21,22,23). The second-order valence-corrected chi connectivity index (χ2v) is 6.17. The number of aliphatic imine (C=N–C) groups is 1. The Morgan fingerprint density at radius 1 is 1.31 bits per heavy atom. The van der Waals surface area contributed by atoms with Gasteiger partial charge in [-0.2, -0.15) is 0 Å². The van der Waals surface area contributed by atoms with Gasteiger partial charge in [-0.05, 0) is 44.9 Å². The molecule has 0 spiro atoms. The van der Waals surface area contributed by atoms with E-state index in [0.717, 1.165) is 62.2 Å². The number of benzene rings is 1. The van der Waals surface area contributed by atoms with Crippen LogP contribution < -0.4 is 20.1 Å². The van der Waals surface area contributed by atoms with Crippen molar-refractivity contribution in [2.75, 3.05) is 40.5 Å². The number of rotatable bonds is 8. The number of hydrogen-bond acceptors (Lipinski definition) is 4. The topological polar surface area (TPSA) is 64.1 Å². The highest BCUT2D eigenvalue weighted by Gasteiger charge is 2.14. The molecule has 0 aromatic heterocycles. The maximum Gasteiger partial charge on any atom is 0.191 e. The van der Waals surface area contributed by atoms with Crippen molar-refractivity contribution in [2.45, 2.75) is 32.7 Å². The van der Waals surface area contributed by atoms with E-state index in [1.807, 2.05) is 18.2 Å². The van der Waals surface area contributed by atoms with Gasteiger partial charge in [0.05, 0.1) is 33.5 Å². The van der Waals surface area contributed by atoms with Crippen LogP contribution in [0, 0.1) is 0 Å². The minimum atomic E-state index is 0.0279. The average Bonchev–Trinajstić information content (AvgIpc) is 2.68. The molecule has 0 saturated carbocycles. The van der Waals surface area contributed by atoms with Crippen LogP contribution in [0.4, 0.5) is 0 Å². The van der Waals surface area contributed by atoms with E-state index < -0.39 is 0 Å². The van der Waals surface area contributed by atoms with E-state index in [2.05, 4.69) is 30.6 Å². The molecule has 0 bridgehead atoms. The zero-order valence-corrected chi connectivity index (χ0v) is 16.3. The number of hydrogen-bond donors (Lipinski definition) is 2. The molecule has 0 amide bonds. The lowest BCUT2D eigenvalue weighted by atomic mass is 10.1. The van der Waals surface area contributed by atoms with Crippen molar-refractivity contribution in [1.82, 2.24) is 10.6 Å². The third-order valence-corrected chi connectivity index (χ3v) is 4.36. The molecular formula is C20H31N3O3. The third kappa shape index (κ3) is 5.95. The number of nitrogens with one attached hydrogen (secondary N) is 2. The van der Waals surface area contributed by atoms with E-state index in [4.69, 9.17) is 19.2 Å². The maximum absolute atomic E-state index is 5.49. The summed E-state index contributed by atoms with van der Waals surface area (Å²) in [7, 11) is 3.35. The first-order chi connectivity index (χ1) is 12.7. The van der Waals surface area contributed by atoms with Gasteiger partial charge in [-0.15, -0.1) is 0 Å². The lowest BCUT2D eigenvalue weighted by Crippen LogP contribution is -2.39. The number of nitrogens with zero attached hydrogens (tertiary/aromatic N) is 1. The molecule has 1 atom stereocenters. The summed E-state index contributed by atoms with van der Waals surface area (Å²) in [5, 5.41) is 6.77. The predicted molar refractivity (Wildman–Crippen MR) is 105 cm³/mol. The molecule has 1 aliphatic rings. The van der Waals surface area contributed by atoms with E-state index >= 15 is 0 Å². The first-order valence-corrected chi connectivity index (χ1v) is 9.20. The van der Waals surface area contributed by atoms with Crippen molar-refractivity contribution in [3.63, 3.8) is 0 Å². The highest BCUT2D eigenvalue weighted by Crippen LogP contribution is 2.29. The maximum atomic E-state index is 5.49. The molecule has 26 heavy (non-hydrogen) atoms. The first-order valence-electron chi connectivity index (χ1n) is 9.20. The van der Waals surface area contributed by atoms with E-state index in [0.29, 0.717) is 0 Å². The summed E-state index contributed by atoms with van der Waals surface area (Å²) < 4.78 is 16.2. The SMILES string of the molecule is CCNC(=NCCC1=CCOCC1)NC(C)c1cc(OC)ccc1OC. The van der Waals surface area contributed by atoms with Gasteiger partial charge >= 0.3 is 0 Å². The molecule has 0 saturated heterocycles. The third-order valence-electron chi connectivity index (χ3n) is 4.36. The summed E-state index contributed by atoms with van der Waals surface area (Å²) in [5.41, 5.74) is 2.46. The fourth-order valence-electron chi connectivity index (χ4n) is 2.88. The van der Waals surface area contributed by atoms with Crippen LogP contribution in [-0.2, 0) is 4.74 Å². The molecule has 0 aliphatic carbocycles. The van der Waals surface area contributed by atoms with Crippen LogP contribution in [0.1, 0.15) is 38.3 Å². The van der Waals surface area contributed by atoms with Crippen LogP contribution in [0.3, 0.4) is 0 Å². The van der Waals surface area contributed by atoms with Crippen molar-refractivity contribution >= 4 is 5.96 Å². The van der Waals surface area contributed by atoms with Crippen molar-refractivity contribution in [3.05, 3.63) is 35.4 Å². The summed E-state index contributed by atoms with van der Waals surface area (Å²) in [6.07, 6.45) is 4.15. The second-order valence-electron chi connectivity index (χ2n) is 6.17. The Balaban J connectivity index is 2.03. The largest absolute Gasteiger partial charge is 0.497 e. The second kappa shape index (κ2) is 10.7. The van der Waals surface area contributed by atoms with E-state index in [1.165, 1.54) is 5.57 Å². The molecule has 0 fully saturated rings. The van der Waals surface area contributed by atoms with Gasteiger partial charge in [-0.3, -0.25) is 4.99 Å². The first kappa shape index (κ1) is 20.1. The lowest BCUT2D eigenvalue weighted by molar-refractivity contribution is 0.153. The van der Waals surface area contributed by atoms with Crippen LogP contribution >= 0.6 is 0 Å². The minimum Gasteiger partial charge on any atom is -0.497 e. The zero-order chi connectivity index (χ0) is 18.8. The minimum absolute atomic E-state index is 0.0279. The van der Waals surface area contributed by atoms with Crippen LogP contribution in [-0.4, -0.2) is 46.5 Å². The molecule has 1 aromatic carbocycles. The van der Waals surface area contributed by atoms with Gasteiger partial charge in [0.15, 0.2) is 5.96 Å². The van der Waals surface area contributed by atoms with Crippen LogP contribution in [0.2, 0.25) is 0 Å². The number of ether oxygens (including phenoxy) is 3. The fraction of sp³-hybridized carbons (Fsp3) is 0.550. The van der Waals surface area contributed by atoms with Gasteiger partial charge in [-0.25, -0.2) is 0 Å². The van der Waals surface area contributed by atoms with Crippen molar-refractivity contribution < 1.29 is 14.2 Å². The monoisotopic (exact) mass is 361 g/mol. The van der Waals surface area contributed by atoms with Gasteiger partial charge < -0.3 is 24.8 Å². The summed E-state index contributed by atoms with van der Waals surface area (Å²) in [6, 6.07) is 5.84. The molecule has 0 radical (unpaired) electrons. The average molecular weight is 361 g/mol. The Kier molecular flexibility index (Phi) is 8.28. The zero-order valence-electron chi connectivity index (χ0n) is 16.3. The lowest BCUT2D eigenvalue weighted by Gasteiger charge is -2.21. The Bertz CT molecular complexity index is 629. The Hall–Kier alpha value is -2.21. The number of guanidine groups is 1. The molecule has 144 valence electrons. The predicted octanol–water partition coefficient (Wildman–Crippen LogP) is 3.06. The molecule has 2 rings (SSSR count). The number of methoxy groups -OCH3 is 2. The fourth-order valence-corrected chi connectivity index (χ4v) is 2.88. The van der Waals surface area contributed by atoms with Crippen molar-refractivity contribution in [2.24, 2.45) is 4.99 Å². The van der Waals surface area contributed by atoms with E-state index in [-0.39, 0.29) is 6.04 Å². The summed E-state index contributed by atoms with van der Waals surface area (Å²) in [6.45, 7) is 7.26.